The number of amides is 5. The van der Waals surface area contributed by atoms with E-state index >= 15 is 0 Å². The van der Waals surface area contributed by atoms with Crippen molar-refractivity contribution in [3.05, 3.63) is 101 Å². The number of aromatic nitrogens is 1. The van der Waals surface area contributed by atoms with Gasteiger partial charge in [-0.1, -0.05) is 42.9 Å². The summed E-state index contributed by atoms with van der Waals surface area (Å²) in [7, 11) is 0. The van der Waals surface area contributed by atoms with Crippen LogP contribution in [0.25, 0.3) is 6.08 Å². The summed E-state index contributed by atoms with van der Waals surface area (Å²) in [5.74, 6) is 6.23. The molecule has 1 aromatic heterocycles. The van der Waals surface area contributed by atoms with E-state index < -0.39 is 11.9 Å². The van der Waals surface area contributed by atoms with Crippen LogP contribution in [0.2, 0.25) is 0 Å². The fourth-order valence-electron chi connectivity index (χ4n) is 8.39. The van der Waals surface area contributed by atoms with E-state index in [0.717, 1.165) is 113 Å². The van der Waals surface area contributed by atoms with E-state index in [9.17, 15) is 24.0 Å². The number of hydrogen-bond acceptors (Lipinski definition) is 8. The molecule has 1 unspecified atom stereocenters. The van der Waals surface area contributed by atoms with E-state index in [1.165, 1.54) is 0 Å². The maximum atomic E-state index is 13.3. The highest BCUT2D eigenvalue weighted by atomic mass is 16.2. The van der Waals surface area contributed by atoms with Gasteiger partial charge >= 0.3 is 0 Å². The van der Waals surface area contributed by atoms with Gasteiger partial charge in [0, 0.05) is 100 Å². The minimum Gasteiger partial charge on any atom is -0.369 e. The number of benzene rings is 2. The molecule has 12 heteroatoms. The lowest BCUT2D eigenvalue weighted by atomic mass is 9.91. The molecule has 7 rings (SSSR count). The molecule has 4 aliphatic rings. The SMILES string of the molecule is O=C(/C=C/c1cccnc1)NCCCCC1CCN(C(=O)c2ccc(N3CCN(CCCC#Cc4cccc5c4C(=O)N(C4CCC(=O)NC4=O)C5)CC3)cc2)CC1. The third kappa shape index (κ3) is 10.4. The Morgan fingerprint density at radius 3 is 2.47 bits per heavy atom. The first-order valence-corrected chi connectivity index (χ1v) is 20.8. The van der Waals surface area contributed by atoms with Gasteiger partial charge in [0.25, 0.3) is 11.8 Å². The van der Waals surface area contributed by atoms with Crippen molar-refractivity contribution in [3.8, 4) is 11.8 Å². The molecule has 2 aromatic carbocycles. The maximum Gasteiger partial charge on any atom is 0.256 e. The van der Waals surface area contributed by atoms with Gasteiger partial charge in [-0.3, -0.25) is 39.2 Å². The summed E-state index contributed by atoms with van der Waals surface area (Å²) in [6.07, 6.45) is 14.1. The Labute approximate surface area is 341 Å². The van der Waals surface area contributed by atoms with Gasteiger partial charge in [0.2, 0.25) is 17.7 Å². The summed E-state index contributed by atoms with van der Waals surface area (Å²) in [6, 6.07) is 16.9. The number of rotatable bonds is 13. The van der Waals surface area contributed by atoms with Crippen LogP contribution in [-0.2, 0) is 20.9 Å². The second-order valence-electron chi connectivity index (χ2n) is 15.7. The first-order chi connectivity index (χ1) is 28.3. The third-order valence-electron chi connectivity index (χ3n) is 11.8. The van der Waals surface area contributed by atoms with Gasteiger partial charge in [-0.15, -0.1) is 0 Å². The first-order valence-electron chi connectivity index (χ1n) is 20.8. The zero-order chi connectivity index (χ0) is 40.3. The number of piperazine rings is 1. The standard InChI is InChI=1S/C46H53N7O5/c54-41(19-13-35-9-7-23-47-32-35)48-24-4-3-8-34-21-26-52(27-22-34)45(57)37-14-16-39(17-15-37)51-30-28-50(29-31-51)25-5-1-2-10-36-11-6-12-38-33-53(46(58)43(36)38)40-18-20-42(55)49-44(40)56/h6-7,9,11-17,19,23,32,34,40H,1,3-5,8,18,20-22,24-31,33H2,(H,48,54)(H,49,55,56)/b19-13+. The zero-order valence-electron chi connectivity index (χ0n) is 33.2. The van der Waals surface area contributed by atoms with Gasteiger partial charge in [0.15, 0.2) is 0 Å². The van der Waals surface area contributed by atoms with Crippen molar-refractivity contribution < 1.29 is 24.0 Å². The predicted octanol–water partition coefficient (Wildman–Crippen LogP) is 4.65. The molecule has 0 bridgehead atoms. The fraction of sp³-hybridized carbons (Fsp3) is 0.435. The molecular formula is C46H53N7O5. The molecule has 302 valence electrons. The lowest BCUT2D eigenvalue weighted by Gasteiger charge is -2.36. The first kappa shape index (κ1) is 40.4. The monoisotopic (exact) mass is 783 g/mol. The zero-order valence-corrected chi connectivity index (χ0v) is 33.2. The molecule has 1 atom stereocenters. The minimum absolute atomic E-state index is 0.0874. The number of carbonyl (C=O) groups excluding carboxylic acids is 5. The summed E-state index contributed by atoms with van der Waals surface area (Å²) in [6.45, 7) is 7.29. The van der Waals surface area contributed by atoms with Crippen LogP contribution >= 0.6 is 0 Å². The Kier molecular flexibility index (Phi) is 13.6. The molecule has 4 aliphatic heterocycles. The number of pyridine rings is 1. The smallest absolute Gasteiger partial charge is 0.256 e. The Morgan fingerprint density at radius 2 is 1.71 bits per heavy atom. The van der Waals surface area contributed by atoms with Crippen molar-refractivity contribution in [2.75, 3.05) is 57.3 Å². The normalized spacial score (nSPS) is 18.9. The van der Waals surface area contributed by atoms with E-state index in [2.05, 4.69) is 49.4 Å². The van der Waals surface area contributed by atoms with Crippen LogP contribution in [-0.4, -0.2) is 108 Å². The number of nitrogens with one attached hydrogen (secondary N) is 2. The number of carbonyl (C=O) groups is 5. The average Bonchev–Trinajstić information content (AvgIpc) is 3.59. The molecule has 0 radical (unpaired) electrons. The van der Waals surface area contributed by atoms with Gasteiger partial charge in [-0.25, -0.2) is 0 Å². The number of fused-ring (bicyclic) bond motifs is 1. The molecule has 3 saturated heterocycles. The van der Waals surface area contributed by atoms with Gasteiger partial charge in [0.05, 0.1) is 5.56 Å². The summed E-state index contributed by atoms with van der Waals surface area (Å²) in [5.41, 5.74) is 4.92. The van der Waals surface area contributed by atoms with Crippen molar-refractivity contribution in [3.63, 3.8) is 0 Å². The van der Waals surface area contributed by atoms with Crippen LogP contribution in [0.3, 0.4) is 0 Å². The topological polar surface area (TPSA) is 135 Å². The number of nitrogens with zero attached hydrogens (tertiary/aromatic N) is 5. The third-order valence-corrected chi connectivity index (χ3v) is 11.8. The Morgan fingerprint density at radius 1 is 0.897 bits per heavy atom. The van der Waals surface area contributed by atoms with Crippen molar-refractivity contribution in [2.24, 2.45) is 5.92 Å². The number of hydrogen-bond donors (Lipinski definition) is 2. The molecule has 0 aliphatic carbocycles. The second kappa shape index (κ2) is 19.6. The summed E-state index contributed by atoms with van der Waals surface area (Å²) in [4.78, 5) is 75.2. The van der Waals surface area contributed by atoms with Crippen LogP contribution in [0.5, 0.6) is 0 Å². The number of piperidine rings is 2. The molecule has 0 saturated carbocycles. The number of unbranched alkanes of at least 4 members (excludes halogenated alkanes) is 2. The van der Waals surface area contributed by atoms with E-state index in [0.29, 0.717) is 36.6 Å². The van der Waals surface area contributed by atoms with E-state index in [4.69, 9.17) is 0 Å². The molecule has 3 aromatic rings. The second-order valence-corrected chi connectivity index (χ2v) is 15.7. The molecule has 12 nitrogen and oxygen atoms in total. The van der Waals surface area contributed by atoms with E-state index in [-0.39, 0.29) is 30.0 Å². The van der Waals surface area contributed by atoms with Crippen molar-refractivity contribution in [1.29, 1.82) is 0 Å². The predicted molar refractivity (Wildman–Crippen MR) is 222 cm³/mol. The molecular weight excluding hydrogens is 731 g/mol. The largest absolute Gasteiger partial charge is 0.369 e. The van der Waals surface area contributed by atoms with E-state index in [1.54, 1.807) is 29.4 Å². The maximum absolute atomic E-state index is 13.3. The van der Waals surface area contributed by atoms with Crippen LogP contribution in [0.4, 0.5) is 5.69 Å². The molecule has 5 amide bonds. The highest BCUT2D eigenvalue weighted by Gasteiger charge is 2.40. The Bertz CT molecular complexity index is 2040. The fourth-order valence-corrected chi connectivity index (χ4v) is 8.39. The van der Waals surface area contributed by atoms with Gasteiger partial charge in [-0.05, 0) is 98.2 Å². The highest BCUT2D eigenvalue weighted by molar-refractivity contribution is 6.06. The summed E-state index contributed by atoms with van der Waals surface area (Å²) in [5, 5.41) is 5.32. The van der Waals surface area contributed by atoms with Crippen LogP contribution in [0.15, 0.2) is 73.1 Å². The van der Waals surface area contributed by atoms with Crippen molar-refractivity contribution in [1.82, 2.24) is 30.3 Å². The van der Waals surface area contributed by atoms with E-state index in [1.807, 2.05) is 47.4 Å². The van der Waals surface area contributed by atoms with Crippen molar-refractivity contribution >= 4 is 41.3 Å². The molecule has 58 heavy (non-hydrogen) atoms. The average molecular weight is 784 g/mol. The number of likely N-dealkylation sites (tertiary alicyclic amines) is 1. The molecule has 0 spiro atoms. The summed E-state index contributed by atoms with van der Waals surface area (Å²) >= 11 is 0. The van der Waals surface area contributed by atoms with Crippen LogP contribution < -0.4 is 15.5 Å². The Balaban J connectivity index is 0.769. The number of imide groups is 1. The lowest BCUT2D eigenvalue weighted by molar-refractivity contribution is -0.137. The number of anilines is 1. The summed E-state index contributed by atoms with van der Waals surface area (Å²) < 4.78 is 0. The van der Waals surface area contributed by atoms with Gasteiger partial charge in [-0.2, -0.15) is 0 Å². The van der Waals surface area contributed by atoms with Crippen LogP contribution in [0.1, 0.15) is 95.2 Å². The van der Waals surface area contributed by atoms with Gasteiger partial charge < -0.3 is 20.0 Å². The Hall–Kier alpha value is -5.80. The van der Waals surface area contributed by atoms with Gasteiger partial charge in [0.1, 0.15) is 6.04 Å². The molecule has 5 heterocycles. The molecule has 2 N–H and O–H groups in total. The highest BCUT2D eigenvalue weighted by Crippen LogP contribution is 2.30. The van der Waals surface area contributed by atoms with Crippen molar-refractivity contribution in [2.45, 2.75) is 70.4 Å². The minimum atomic E-state index is -0.633. The molecule has 3 fully saturated rings. The van der Waals surface area contributed by atoms with Crippen LogP contribution in [0, 0.1) is 17.8 Å². The quantitative estimate of drug-likeness (QED) is 0.111. The lowest BCUT2D eigenvalue weighted by Crippen LogP contribution is -2.52.